The van der Waals surface area contributed by atoms with Gasteiger partial charge in [-0.2, -0.15) is 0 Å². The molecule has 1 aliphatic rings. The van der Waals surface area contributed by atoms with Crippen molar-refractivity contribution in [3.8, 4) is 0 Å². The number of nitrogens with one attached hydrogen (secondary N) is 1. The van der Waals surface area contributed by atoms with Gasteiger partial charge in [0, 0.05) is 42.5 Å². The number of hydrogen-bond acceptors (Lipinski definition) is 1. The molecule has 0 saturated heterocycles. The van der Waals surface area contributed by atoms with Gasteiger partial charge < -0.3 is 9.88 Å². The lowest BCUT2D eigenvalue weighted by atomic mass is 9.95. The van der Waals surface area contributed by atoms with Crippen molar-refractivity contribution in [1.82, 2.24) is 9.88 Å². The van der Waals surface area contributed by atoms with E-state index < -0.39 is 0 Å². The van der Waals surface area contributed by atoms with Crippen molar-refractivity contribution in [1.29, 1.82) is 0 Å². The topological polar surface area (TPSA) is 34.0 Å². The Morgan fingerprint density at radius 2 is 2.10 bits per heavy atom. The van der Waals surface area contributed by atoms with Gasteiger partial charge in [-0.3, -0.25) is 4.79 Å². The summed E-state index contributed by atoms with van der Waals surface area (Å²) in [5, 5.41) is 4.48. The monoisotopic (exact) mass is 284 g/mol. The van der Waals surface area contributed by atoms with Gasteiger partial charge in [0.25, 0.3) is 0 Å². The highest BCUT2D eigenvalue weighted by Crippen LogP contribution is 2.50. The Labute approximate surface area is 126 Å². The maximum Gasteiger partial charge on any atom is 0.220 e. The standard InChI is InChI=1S/C18H24N2O/c1-3-4-9-17(21)19-13-18(10-11-18)15-12-20(2)16-8-6-5-7-14(15)16/h5-8,12H,3-4,9-11,13H2,1-2H3,(H,19,21). The first-order valence-electron chi connectivity index (χ1n) is 7.97. The van der Waals surface area contributed by atoms with E-state index in [1.165, 1.54) is 29.3 Å². The summed E-state index contributed by atoms with van der Waals surface area (Å²) in [5.74, 6) is 0.198. The van der Waals surface area contributed by atoms with E-state index in [1.807, 2.05) is 0 Å². The summed E-state index contributed by atoms with van der Waals surface area (Å²) >= 11 is 0. The number of carbonyl (C=O) groups excluding carboxylic acids is 1. The molecular weight excluding hydrogens is 260 g/mol. The minimum absolute atomic E-state index is 0.169. The van der Waals surface area contributed by atoms with Crippen LogP contribution in [0.4, 0.5) is 0 Å². The largest absolute Gasteiger partial charge is 0.355 e. The number of carbonyl (C=O) groups is 1. The molecule has 1 saturated carbocycles. The molecule has 112 valence electrons. The van der Waals surface area contributed by atoms with E-state index in [4.69, 9.17) is 0 Å². The lowest BCUT2D eigenvalue weighted by Gasteiger charge is -2.15. The zero-order valence-electron chi connectivity index (χ0n) is 13.0. The summed E-state index contributed by atoms with van der Waals surface area (Å²) < 4.78 is 2.20. The molecule has 0 unspecified atom stereocenters. The highest BCUT2D eigenvalue weighted by atomic mass is 16.1. The van der Waals surface area contributed by atoms with Gasteiger partial charge in [-0.15, -0.1) is 0 Å². The van der Waals surface area contributed by atoms with E-state index in [2.05, 4.69) is 54.3 Å². The molecule has 1 aromatic carbocycles. The zero-order valence-corrected chi connectivity index (χ0v) is 13.0. The first-order valence-corrected chi connectivity index (χ1v) is 7.97. The number of fused-ring (bicyclic) bond motifs is 1. The third-order valence-electron chi connectivity index (χ3n) is 4.70. The van der Waals surface area contributed by atoms with Crippen LogP contribution in [0.3, 0.4) is 0 Å². The average Bonchev–Trinajstić information content (AvgIpc) is 3.22. The zero-order chi connectivity index (χ0) is 14.9. The predicted octanol–water partition coefficient (Wildman–Crippen LogP) is 3.52. The molecule has 0 atom stereocenters. The van der Waals surface area contributed by atoms with Crippen LogP contribution in [0.1, 0.15) is 44.6 Å². The predicted molar refractivity (Wildman–Crippen MR) is 86.4 cm³/mol. The molecule has 1 aromatic heterocycles. The first kappa shape index (κ1) is 14.2. The number of amides is 1. The van der Waals surface area contributed by atoms with Crippen molar-refractivity contribution in [3.63, 3.8) is 0 Å². The molecule has 21 heavy (non-hydrogen) atoms. The van der Waals surface area contributed by atoms with Crippen LogP contribution in [-0.2, 0) is 17.3 Å². The van der Waals surface area contributed by atoms with Crippen molar-refractivity contribution >= 4 is 16.8 Å². The molecule has 1 heterocycles. The second-order valence-corrected chi connectivity index (χ2v) is 6.33. The Hall–Kier alpha value is -1.77. The molecule has 1 aliphatic carbocycles. The van der Waals surface area contributed by atoms with Gasteiger partial charge >= 0.3 is 0 Å². The second kappa shape index (κ2) is 5.55. The fourth-order valence-corrected chi connectivity index (χ4v) is 3.15. The Bertz CT molecular complexity index is 652. The fraction of sp³-hybridized carbons (Fsp3) is 0.500. The number of rotatable bonds is 6. The van der Waals surface area contributed by atoms with Crippen molar-refractivity contribution in [3.05, 3.63) is 36.0 Å². The van der Waals surface area contributed by atoms with Crippen molar-refractivity contribution in [2.24, 2.45) is 7.05 Å². The molecule has 1 fully saturated rings. The van der Waals surface area contributed by atoms with E-state index in [-0.39, 0.29) is 11.3 Å². The first-order chi connectivity index (χ1) is 10.2. The third kappa shape index (κ3) is 2.69. The quantitative estimate of drug-likeness (QED) is 0.865. The van der Waals surface area contributed by atoms with E-state index in [9.17, 15) is 4.79 Å². The molecule has 0 aliphatic heterocycles. The number of unbranched alkanes of at least 4 members (excludes halogenated alkanes) is 1. The van der Waals surface area contributed by atoms with Crippen LogP contribution in [-0.4, -0.2) is 17.0 Å². The Balaban J connectivity index is 1.77. The van der Waals surface area contributed by atoms with Crippen molar-refractivity contribution < 1.29 is 4.79 Å². The van der Waals surface area contributed by atoms with Crippen LogP contribution >= 0.6 is 0 Å². The molecule has 3 nitrogen and oxygen atoms in total. The lowest BCUT2D eigenvalue weighted by Crippen LogP contribution is -2.32. The molecule has 0 spiro atoms. The van der Waals surface area contributed by atoms with E-state index >= 15 is 0 Å². The maximum absolute atomic E-state index is 11.9. The Morgan fingerprint density at radius 3 is 2.81 bits per heavy atom. The Kier molecular flexibility index (Phi) is 3.75. The van der Waals surface area contributed by atoms with Crippen LogP contribution < -0.4 is 5.32 Å². The lowest BCUT2D eigenvalue weighted by molar-refractivity contribution is -0.121. The highest BCUT2D eigenvalue weighted by molar-refractivity contribution is 5.86. The van der Waals surface area contributed by atoms with Gasteiger partial charge in [0.1, 0.15) is 0 Å². The van der Waals surface area contributed by atoms with E-state index in [0.29, 0.717) is 6.42 Å². The summed E-state index contributed by atoms with van der Waals surface area (Å²) in [6.45, 7) is 2.90. The van der Waals surface area contributed by atoms with E-state index in [1.54, 1.807) is 0 Å². The summed E-state index contributed by atoms with van der Waals surface area (Å²) in [4.78, 5) is 11.9. The molecular formula is C18H24N2O. The number of hydrogen-bond donors (Lipinski definition) is 1. The van der Waals surface area contributed by atoms with Gasteiger partial charge in [0.15, 0.2) is 0 Å². The fourth-order valence-electron chi connectivity index (χ4n) is 3.15. The van der Waals surface area contributed by atoms with Gasteiger partial charge in [-0.1, -0.05) is 31.5 Å². The highest BCUT2D eigenvalue weighted by Gasteiger charge is 2.46. The molecule has 0 bridgehead atoms. The number of aromatic nitrogens is 1. The summed E-state index contributed by atoms with van der Waals surface area (Å²) in [6, 6.07) is 8.54. The van der Waals surface area contributed by atoms with Gasteiger partial charge in [0.05, 0.1) is 0 Å². The van der Waals surface area contributed by atoms with Gasteiger partial charge in [0.2, 0.25) is 5.91 Å². The molecule has 0 radical (unpaired) electrons. The minimum atomic E-state index is 0.169. The summed E-state index contributed by atoms with van der Waals surface area (Å²) in [5.41, 5.74) is 2.84. The SMILES string of the molecule is CCCCC(=O)NCC1(c2cn(C)c3ccccc23)CC1. The smallest absolute Gasteiger partial charge is 0.220 e. The maximum atomic E-state index is 11.9. The van der Waals surface area contributed by atoms with Crippen LogP contribution in [0, 0.1) is 0 Å². The van der Waals surface area contributed by atoms with Crippen LogP contribution in [0.25, 0.3) is 10.9 Å². The van der Waals surface area contributed by atoms with E-state index in [0.717, 1.165) is 19.4 Å². The second-order valence-electron chi connectivity index (χ2n) is 6.33. The van der Waals surface area contributed by atoms with Crippen LogP contribution in [0.15, 0.2) is 30.5 Å². The summed E-state index contributed by atoms with van der Waals surface area (Å²) in [6.07, 6.45) is 7.30. The molecule has 3 heteroatoms. The summed E-state index contributed by atoms with van der Waals surface area (Å²) in [7, 11) is 2.10. The minimum Gasteiger partial charge on any atom is -0.355 e. The molecule has 1 N–H and O–H groups in total. The number of para-hydroxylation sites is 1. The number of aryl methyl sites for hydroxylation is 1. The van der Waals surface area contributed by atoms with Gasteiger partial charge in [-0.25, -0.2) is 0 Å². The molecule has 1 amide bonds. The molecule has 2 aromatic rings. The average molecular weight is 284 g/mol. The van der Waals surface area contributed by atoms with Gasteiger partial charge in [-0.05, 0) is 30.9 Å². The van der Waals surface area contributed by atoms with Crippen LogP contribution in [0.2, 0.25) is 0 Å². The number of benzene rings is 1. The Morgan fingerprint density at radius 1 is 1.33 bits per heavy atom. The number of nitrogens with zero attached hydrogens (tertiary/aromatic N) is 1. The third-order valence-corrected chi connectivity index (χ3v) is 4.70. The normalized spacial score (nSPS) is 16.1. The van der Waals surface area contributed by atoms with Crippen molar-refractivity contribution in [2.45, 2.75) is 44.4 Å². The van der Waals surface area contributed by atoms with Crippen LogP contribution in [0.5, 0.6) is 0 Å². The van der Waals surface area contributed by atoms with Crippen molar-refractivity contribution in [2.75, 3.05) is 6.54 Å². The molecule has 3 rings (SSSR count).